The van der Waals surface area contributed by atoms with Gasteiger partial charge >= 0.3 is 0 Å². The van der Waals surface area contributed by atoms with Gasteiger partial charge in [0.25, 0.3) is 0 Å². The van der Waals surface area contributed by atoms with Crippen molar-refractivity contribution in [2.75, 3.05) is 0 Å². The Kier molecular flexibility index (Phi) is 6.65. The van der Waals surface area contributed by atoms with Gasteiger partial charge in [0.1, 0.15) is 17.0 Å². The molecule has 0 amide bonds. The summed E-state index contributed by atoms with van der Waals surface area (Å²) in [6, 6.07) is 69.0. The highest BCUT2D eigenvalue weighted by Crippen LogP contribution is 2.68. The Hall–Kier alpha value is -6.52. The summed E-state index contributed by atoms with van der Waals surface area (Å²) in [4.78, 5) is 5.42. The van der Waals surface area contributed by atoms with Gasteiger partial charge in [-0.05, 0) is 34.4 Å². The van der Waals surface area contributed by atoms with Crippen molar-refractivity contribution < 1.29 is 4.74 Å². The van der Waals surface area contributed by atoms with Crippen molar-refractivity contribution in [3.05, 3.63) is 228 Å². The largest absolute Gasteiger partial charge is 0.457 e. The highest BCUT2D eigenvalue weighted by atomic mass is 16.5. The molecule has 10 rings (SSSR count). The van der Waals surface area contributed by atoms with Gasteiger partial charge in [-0.15, -0.1) is 5.10 Å². The first kappa shape index (κ1) is 29.4. The number of benzene rings is 7. The van der Waals surface area contributed by atoms with Crippen LogP contribution in [0.25, 0.3) is 22.8 Å². The highest BCUT2D eigenvalue weighted by Gasteiger charge is 2.67. The Balaban J connectivity index is 1.51. The fraction of sp³-hybridized carbons (Fsp3) is 0.0638. The van der Waals surface area contributed by atoms with E-state index >= 15 is 0 Å². The van der Waals surface area contributed by atoms with Crippen molar-refractivity contribution >= 4 is 0 Å². The monoisotopic (exact) mass is 655 g/mol. The minimum Gasteiger partial charge on any atom is -0.457 e. The first-order chi connectivity index (χ1) is 25.3. The summed E-state index contributed by atoms with van der Waals surface area (Å²) in [5.74, 6) is 2.87. The summed E-state index contributed by atoms with van der Waals surface area (Å²) < 4.78 is 9.43. The second kappa shape index (κ2) is 11.5. The number of ether oxygens (including phenoxy) is 1. The van der Waals surface area contributed by atoms with Gasteiger partial charge in [0, 0.05) is 28.2 Å². The van der Waals surface area contributed by atoms with E-state index in [-0.39, 0.29) is 5.92 Å². The van der Waals surface area contributed by atoms with Crippen molar-refractivity contribution in [2.45, 2.75) is 16.9 Å². The Morgan fingerprint density at radius 1 is 0.490 bits per heavy atom. The van der Waals surface area contributed by atoms with Crippen LogP contribution in [0.4, 0.5) is 0 Å². The van der Waals surface area contributed by atoms with Crippen molar-refractivity contribution in [1.29, 1.82) is 0 Å². The Morgan fingerprint density at radius 3 is 1.71 bits per heavy atom. The van der Waals surface area contributed by atoms with Crippen LogP contribution >= 0.6 is 0 Å². The summed E-state index contributed by atoms with van der Waals surface area (Å²) in [6.07, 6.45) is 0. The van der Waals surface area contributed by atoms with Crippen LogP contribution in [0, 0.1) is 0 Å². The van der Waals surface area contributed by atoms with Crippen LogP contribution in [-0.4, -0.2) is 14.8 Å². The summed E-state index contributed by atoms with van der Waals surface area (Å²) in [6.45, 7) is 0. The second-order valence-electron chi connectivity index (χ2n) is 13.3. The molecule has 3 heterocycles. The fourth-order valence-electron chi connectivity index (χ4n) is 9.01. The van der Waals surface area contributed by atoms with E-state index in [0.717, 1.165) is 61.8 Å². The summed E-state index contributed by atoms with van der Waals surface area (Å²) in [7, 11) is 0. The highest BCUT2D eigenvalue weighted by molar-refractivity contribution is 5.78. The molecule has 8 aromatic rings. The first-order valence-electron chi connectivity index (χ1n) is 17.5. The number of hydrogen-bond donors (Lipinski definition) is 0. The minimum atomic E-state index is -0.945. The maximum Gasteiger partial charge on any atom is 0.181 e. The maximum absolute atomic E-state index is 7.14. The van der Waals surface area contributed by atoms with Crippen LogP contribution in [0.3, 0.4) is 0 Å². The number of nitrogens with zero attached hydrogens (tertiary/aromatic N) is 3. The first-order valence-corrected chi connectivity index (χ1v) is 17.5. The number of para-hydroxylation sites is 2. The van der Waals surface area contributed by atoms with Crippen LogP contribution in [0.1, 0.15) is 39.3 Å². The molecule has 2 unspecified atom stereocenters. The third kappa shape index (κ3) is 4.08. The van der Waals surface area contributed by atoms with Gasteiger partial charge in [0.2, 0.25) is 0 Å². The minimum absolute atomic E-state index is 0.295. The molecule has 1 aromatic heterocycles. The molecule has 0 saturated carbocycles. The van der Waals surface area contributed by atoms with Crippen molar-refractivity contribution in [2.24, 2.45) is 0 Å². The van der Waals surface area contributed by atoms with Crippen molar-refractivity contribution in [3.63, 3.8) is 0 Å². The molecular weight excluding hydrogens is 623 g/mol. The number of rotatable bonds is 4. The van der Waals surface area contributed by atoms with Gasteiger partial charge in [-0.25, -0.2) is 9.67 Å². The van der Waals surface area contributed by atoms with Gasteiger partial charge in [-0.2, -0.15) is 0 Å². The lowest BCUT2D eigenvalue weighted by atomic mass is 9.50. The third-order valence-corrected chi connectivity index (χ3v) is 10.8. The van der Waals surface area contributed by atoms with Gasteiger partial charge in [0.05, 0.1) is 5.41 Å². The zero-order valence-corrected chi connectivity index (χ0v) is 27.8. The molecule has 0 bridgehead atoms. The van der Waals surface area contributed by atoms with Crippen molar-refractivity contribution in [1.82, 2.24) is 14.8 Å². The van der Waals surface area contributed by atoms with Crippen LogP contribution in [0.15, 0.2) is 194 Å². The molecule has 2 aliphatic heterocycles. The molecule has 2 atom stereocenters. The average molecular weight is 656 g/mol. The zero-order valence-electron chi connectivity index (χ0n) is 27.8. The molecule has 4 heteroatoms. The van der Waals surface area contributed by atoms with Crippen LogP contribution in [0.2, 0.25) is 0 Å². The van der Waals surface area contributed by atoms with Gasteiger partial charge in [-0.1, -0.05) is 182 Å². The van der Waals surface area contributed by atoms with E-state index in [1.165, 1.54) is 0 Å². The predicted octanol–water partition coefficient (Wildman–Crippen LogP) is 10.6. The van der Waals surface area contributed by atoms with E-state index in [1.54, 1.807) is 0 Å². The Labute approximate surface area is 297 Å². The van der Waals surface area contributed by atoms with E-state index in [9.17, 15) is 0 Å². The smallest absolute Gasteiger partial charge is 0.181 e. The topological polar surface area (TPSA) is 39.9 Å². The SMILES string of the molecule is c1ccc(-c2nc3n(n2)C2(c4ccccc4-3)C(c3ccccc3)c3ccccc3Oc3ccccc3C2(c2ccccc2)c2ccccc2)cc1. The Morgan fingerprint density at radius 2 is 1.02 bits per heavy atom. The number of hydrogen-bond acceptors (Lipinski definition) is 3. The third-order valence-electron chi connectivity index (χ3n) is 10.8. The van der Waals surface area contributed by atoms with Crippen molar-refractivity contribution in [3.8, 4) is 34.3 Å². The molecule has 0 fully saturated rings. The summed E-state index contributed by atoms with van der Waals surface area (Å²) in [5, 5.41) is 5.66. The molecular formula is C47H33N3O. The number of fused-ring (bicyclic) bond motifs is 7. The lowest BCUT2D eigenvalue weighted by molar-refractivity contribution is 0.193. The lowest BCUT2D eigenvalue weighted by Crippen LogP contribution is -2.58. The zero-order chi connectivity index (χ0) is 33.8. The van der Waals surface area contributed by atoms with E-state index < -0.39 is 11.0 Å². The fourth-order valence-corrected chi connectivity index (χ4v) is 9.01. The van der Waals surface area contributed by atoms with Gasteiger partial charge in [0.15, 0.2) is 11.6 Å². The molecule has 242 valence electrons. The lowest BCUT2D eigenvalue weighted by Gasteiger charge is -2.55. The van der Waals surface area contributed by atoms with E-state index in [1.807, 2.05) is 6.07 Å². The molecule has 51 heavy (non-hydrogen) atoms. The van der Waals surface area contributed by atoms with E-state index in [0.29, 0.717) is 5.82 Å². The molecule has 2 aliphatic rings. The molecule has 4 nitrogen and oxygen atoms in total. The predicted molar refractivity (Wildman–Crippen MR) is 202 cm³/mol. The maximum atomic E-state index is 7.14. The molecule has 7 aromatic carbocycles. The van der Waals surface area contributed by atoms with Gasteiger partial charge < -0.3 is 4.74 Å². The van der Waals surface area contributed by atoms with E-state index in [2.05, 4.69) is 193 Å². The molecule has 0 N–H and O–H groups in total. The Bertz CT molecular complexity index is 2470. The normalized spacial score (nSPS) is 18.0. The average Bonchev–Trinajstić information content (AvgIpc) is 3.76. The molecule has 0 saturated heterocycles. The number of aromatic nitrogens is 3. The van der Waals surface area contributed by atoms with Crippen LogP contribution in [-0.2, 0) is 11.0 Å². The molecule has 0 aliphatic carbocycles. The van der Waals surface area contributed by atoms with Gasteiger partial charge in [-0.3, -0.25) is 0 Å². The quantitative estimate of drug-likeness (QED) is 0.189. The van der Waals surface area contributed by atoms with E-state index in [4.69, 9.17) is 14.8 Å². The summed E-state index contributed by atoms with van der Waals surface area (Å²) >= 11 is 0. The van der Waals surface area contributed by atoms with Crippen LogP contribution in [0.5, 0.6) is 11.5 Å². The standard InChI is InChI=1S/C47H33N3O/c1-5-19-33(20-6-1)43-38-28-14-17-31-41(38)51-42-32-18-16-30-40(42)46(35-23-9-3-10-24-35,36-25-11-4-12-26-36)47(43)39-29-15-13-27-37(39)45-48-44(49-50(45)47)34-21-7-2-8-22-34/h1-32,43H. The van der Waals surface area contributed by atoms with Crippen LogP contribution < -0.4 is 4.74 Å². The summed E-state index contributed by atoms with van der Waals surface area (Å²) in [5.41, 5.74) is 6.91. The second-order valence-corrected chi connectivity index (χ2v) is 13.3. The molecule has 0 radical (unpaired) electrons. The molecule has 1 spiro atoms.